The van der Waals surface area contributed by atoms with E-state index >= 15 is 0 Å². The van der Waals surface area contributed by atoms with Crippen molar-refractivity contribution < 1.29 is 13.5 Å². The van der Waals surface area contributed by atoms with E-state index in [1.54, 1.807) is 0 Å². The van der Waals surface area contributed by atoms with Gasteiger partial charge in [-0.15, -0.1) is 0 Å². The van der Waals surface area contributed by atoms with Crippen LogP contribution in [0.25, 0.3) is 0 Å². The molecule has 1 aliphatic rings. The maximum atomic E-state index is 13.0. The van der Waals surface area contributed by atoms with Crippen molar-refractivity contribution in [3.63, 3.8) is 0 Å². The topological polar surface area (TPSA) is 33.0 Å². The third kappa shape index (κ3) is 1.67. The number of nitrogens with zero attached hydrogens (tertiary/aromatic N) is 1. The van der Waals surface area contributed by atoms with Crippen LogP contribution in [0, 0.1) is 23.0 Å². The zero-order valence-corrected chi connectivity index (χ0v) is 7.26. The van der Waals surface area contributed by atoms with E-state index < -0.39 is 17.2 Å². The lowest BCUT2D eigenvalue weighted by atomic mass is 10.2. The molecule has 0 atom stereocenters. The van der Waals surface area contributed by atoms with Crippen LogP contribution in [0.3, 0.4) is 0 Å². The molecule has 2 nitrogen and oxygen atoms in total. The van der Waals surface area contributed by atoms with Crippen molar-refractivity contribution >= 4 is 0 Å². The minimum absolute atomic E-state index is 0.0849. The summed E-state index contributed by atoms with van der Waals surface area (Å²) in [5, 5.41) is 8.41. The van der Waals surface area contributed by atoms with Crippen molar-refractivity contribution in [3.05, 3.63) is 29.3 Å². The molecule has 1 aliphatic carbocycles. The van der Waals surface area contributed by atoms with Gasteiger partial charge in [-0.05, 0) is 12.8 Å². The molecule has 0 aromatic heterocycles. The minimum Gasteiger partial charge on any atom is -0.490 e. The summed E-state index contributed by atoms with van der Waals surface area (Å²) < 4.78 is 31.3. The Hall–Kier alpha value is -1.63. The zero-order chi connectivity index (χ0) is 10.1. The maximum absolute atomic E-state index is 13.0. The van der Waals surface area contributed by atoms with Crippen LogP contribution in [0.15, 0.2) is 12.1 Å². The first kappa shape index (κ1) is 8.95. The first-order valence-corrected chi connectivity index (χ1v) is 4.26. The molecule has 0 unspecified atom stereocenters. The van der Waals surface area contributed by atoms with E-state index in [0.717, 1.165) is 25.0 Å². The van der Waals surface area contributed by atoms with Crippen molar-refractivity contribution in [2.24, 2.45) is 0 Å². The highest BCUT2D eigenvalue weighted by molar-refractivity contribution is 5.38. The van der Waals surface area contributed by atoms with Gasteiger partial charge < -0.3 is 4.74 Å². The number of nitriles is 1. The van der Waals surface area contributed by atoms with E-state index in [-0.39, 0.29) is 11.9 Å². The average Bonchev–Trinajstić information content (AvgIpc) is 2.87. The van der Waals surface area contributed by atoms with E-state index in [4.69, 9.17) is 10.00 Å². The Labute approximate surface area is 79.7 Å². The summed E-state index contributed by atoms with van der Waals surface area (Å²) >= 11 is 0. The third-order valence-corrected chi connectivity index (χ3v) is 1.95. The monoisotopic (exact) mass is 195 g/mol. The second kappa shape index (κ2) is 3.26. The van der Waals surface area contributed by atoms with E-state index in [1.807, 2.05) is 0 Å². The minimum atomic E-state index is -0.872. The van der Waals surface area contributed by atoms with Gasteiger partial charge in [0, 0.05) is 12.1 Å². The molecule has 1 aromatic rings. The molecule has 0 bridgehead atoms. The van der Waals surface area contributed by atoms with Crippen molar-refractivity contribution in [2.45, 2.75) is 18.9 Å². The van der Waals surface area contributed by atoms with Gasteiger partial charge in [-0.3, -0.25) is 0 Å². The zero-order valence-electron chi connectivity index (χ0n) is 7.26. The van der Waals surface area contributed by atoms with Crippen molar-refractivity contribution in [1.82, 2.24) is 0 Å². The number of halogens is 2. The molecule has 14 heavy (non-hydrogen) atoms. The van der Waals surface area contributed by atoms with Gasteiger partial charge in [-0.2, -0.15) is 5.26 Å². The van der Waals surface area contributed by atoms with Gasteiger partial charge in [-0.25, -0.2) is 8.78 Å². The predicted octanol–water partition coefficient (Wildman–Crippen LogP) is 2.38. The highest BCUT2D eigenvalue weighted by Gasteiger charge is 2.24. The molecule has 0 saturated heterocycles. The predicted molar refractivity (Wildman–Crippen MR) is 44.7 cm³/mol. The van der Waals surface area contributed by atoms with Crippen LogP contribution < -0.4 is 4.74 Å². The summed E-state index contributed by atoms with van der Waals surface area (Å²) in [7, 11) is 0. The van der Waals surface area contributed by atoms with Crippen molar-refractivity contribution in [2.75, 3.05) is 0 Å². The molecule has 0 N–H and O–H groups in total. The Morgan fingerprint density at radius 2 is 1.86 bits per heavy atom. The summed E-state index contributed by atoms with van der Waals surface area (Å²) in [5.74, 6) is -1.59. The fraction of sp³-hybridized carbons (Fsp3) is 0.300. The summed E-state index contributed by atoms with van der Waals surface area (Å²) in [6.07, 6.45) is 1.92. The second-order valence-electron chi connectivity index (χ2n) is 3.19. The van der Waals surface area contributed by atoms with E-state index in [9.17, 15) is 8.78 Å². The molecule has 0 spiro atoms. The Morgan fingerprint density at radius 1 is 1.29 bits per heavy atom. The molecule has 1 fully saturated rings. The van der Waals surface area contributed by atoms with Crippen LogP contribution >= 0.6 is 0 Å². The molecular formula is C10H7F2NO. The molecule has 0 heterocycles. The Balaban J connectivity index is 2.31. The summed E-state index contributed by atoms with van der Waals surface area (Å²) in [6.45, 7) is 0. The van der Waals surface area contributed by atoms with Gasteiger partial charge in [0.1, 0.15) is 29.0 Å². The lowest BCUT2D eigenvalue weighted by Gasteiger charge is -2.05. The van der Waals surface area contributed by atoms with Crippen LogP contribution in [0.1, 0.15) is 18.4 Å². The summed E-state index contributed by atoms with van der Waals surface area (Å²) in [6, 6.07) is 3.54. The van der Waals surface area contributed by atoms with Crippen LogP contribution in [0.2, 0.25) is 0 Å². The normalized spacial score (nSPS) is 14.9. The highest BCUT2D eigenvalue weighted by Crippen LogP contribution is 2.28. The van der Waals surface area contributed by atoms with Crippen LogP contribution in [0.5, 0.6) is 5.75 Å². The fourth-order valence-corrected chi connectivity index (χ4v) is 1.10. The van der Waals surface area contributed by atoms with Gasteiger partial charge >= 0.3 is 0 Å². The number of hydrogen-bond donors (Lipinski definition) is 0. The van der Waals surface area contributed by atoms with Gasteiger partial charge in [-0.1, -0.05) is 0 Å². The van der Waals surface area contributed by atoms with Gasteiger partial charge in [0.05, 0.1) is 6.10 Å². The first-order valence-electron chi connectivity index (χ1n) is 4.26. The number of benzene rings is 1. The average molecular weight is 195 g/mol. The quantitative estimate of drug-likeness (QED) is 0.725. The van der Waals surface area contributed by atoms with Gasteiger partial charge in [0.25, 0.3) is 0 Å². The summed E-state index contributed by atoms with van der Waals surface area (Å²) in [4.78, 5) is 0. The van der Waals surface area contributed by atoms with Crippen LogP contribution in [-0.2, 0) is 0 Å². The number of hydrogen-bond acceptors (Lipinski definition) is 2. The Kier molecular flexibility index (Phi) is 2.08. The van der Waals surface area contributed by atoms with Crippen molar-refractivity contribution in [1.29, 1.82) is 5.26 Å². The second-order valence-corrected chi connectivity index (χ2v) is 3.19. The number of rotatable bonds is 2. The molecule has 0 aliphatic heterocycles. The number of ether oxygens (including phenoxy) is 1. The molecular weight excluding hydrogens is 188 g/mol. The molecule has 4 heteroatoms. The SMILES string of the molecule is N#Cc1c(F)cc(OC2CC2)cc1F. The maximum Gasteiger partial charge on any atom is 0.147 e. The van der Waals surface area contributed by atoms with E-state index in [1.165, 1.54) is 6.07 Å². The highest BCUT2D eigenvalue weighted by atomic mass is 19.1. The third-order valence-electron chi connectivity index (χ3n) is 1.95. The molecule has 1 aromatic carbocycles. The summed E-state index contributed by atoms with van der Waals surface area (Å²) in [5.41, 5.74) is -0.562. The lowest BCUT2D eigenvalue weighted by molar-refractivity contribution is 0.299. The van der Waals surface area contributed by atoms with Gasteiger partial charge in [0.2, 0.25) is 0 Å². The smallest absolute Gasteiger partial charge is 0.147 e. The molecule has 1 saturated carbocycles. The van der Waals surface area contributed by atoms with E-state index in [2.05, 4.69) is 0 Å². The molecule has 0 amide bonds. The van der Waals surface area contributed by atoms with Gasteiger partial charge in [0.15, 0.2) is 0 Å². The van der Waals surface area contributed by atoms with Crippen LogP contribution in [-0.4, -0.2) is 6.10 Å². The molecule has 72 valence electrons. The largest absolute Gasteiger partial charge is 0.490 e. The Morgan fingerprint density at radius 3 is 2.29 bits per heavy atom. The van der Waals surface area contributed by atoms with Crippen LogP contribution in [0.4, 0.5) is 8.78 Å². The van der Waals surface area contributed by atoms with E-state index in [0.29, 0.717) is 0 Å². The van der Waals surface area contributed by atoms with Crippen molar-refractivity contribution in [3.8, 4) is 11.8 Å². The fourth-order valence-electron chi connectivity index (χ4n) is 1.10. The Bertz CT molecular complexity index is 384. The first-order chi connectivity index (χ1) is 6.70. The standard InChI is InChI=1S/C10H7F2NO/c11-9-3-7(14-6-1-2-6)4-10(12)8(9)5-13/h3-4,6H,1-2H2. The lowest BCUT2D eigenvalue weighted by Crippen LogP contribution is -1.99. The molecule has 2 rings (SSSR count). The molecule has 0 radical (unpaired) electrons.